The standard InChI is InChI=1S/C27H31N7O4/c1-3-8-32-9-11-33(12-10-32)25(26-29-30-31-34(26)16-18-4-6-20(36-2)7-5-18)21-13-19-14-23-24(38-17-37-23)15-22(19)28-27(21)35/h4-7,13-15,25H,3,8-12,16-17H2,1-2H3,(H,28,35)/t25-/m0/s1. The van der Waals surface area contributed by atoms with Crippen molar-refractivity contribution < 1.29 is 14.2 Å². The van der Waals surface area contributed by atoms with Gasteiger partial charge >= 0.3 is 0 Å². The number of aromatic amines is 1. The van der Waals surface area contributed by atoms with E-state index in [9.17, 15) is 4.79 Å². The largest absolute Gasteiger partial charge is 0.497 e. The minimum atomic E-state index is -0.411. The molecule has 0 bridgehead atoms. The molecule has 4 aromatic rings. The zero-order valence-corrected chi connectivity index (χ0v) is 21.6. The summed E-state index contributed by atoms with van der Waals surface area (Å²) >= 11 is 0. The molecular weight excluding hydrogens is 486 g/mol. The molecule has 0 unspecified atom stereocenters. The van der Waals surface area contributed by atoms with Gasteiger partial charge in [0.2, 0.25) is 6.79 Å². The second-order valence-electron chi connectivity index (χ2n) is 9.67. The lowest BCUT2D eigenvalue weighted by molar-refractivity contribution is 0.104. The van der Waals surface area contributed by atoms with Crippen molar-refractivity contribution in [2.75, 3.05) is 46.6 Å². The van der Waals surface area contributed by atoms with E-state index in [4.69, 9.17) is 14.2 Å². The molecule has 1 saturated heterocycles. The Morgan fingerprint density at radius 2 is 1.82 bits per heavy atom. The maximum atomic E-state index is 13.6. The zero-order valence-electron chi connectivity index (χ0n) is 21.6. The van der Waals surface area contributed by atoms with Crippen LogP contribution in [0.5, 0.6) is 17.2 Å². The fraction of sp³-hybridized carbons (Fsp3) is 0.407. The van der Waals surface area contributed by atoms with Gasteiger partial charge < -0.3 is 24.1 Å². The Balaban J connectivity index is 1.40. The second-order valence-corrected chi connectivity index (χ2v) is 9.67. The van der Waals surface area contributed by atoms with Crippen LogP contribution >= 0.6 is 0 Å². The first kappa shape index (κ1) is 24.4. The van der Waals surface area contributed by atoms with Crippen molar-refractivity contribution in [3.8, 4) is 17.2 Å². The van der Waals surface area contributed by atoms with Crippen molar-refractivity contribution in [3.63, 3.8) is 0 Å². The van der Waals surface area contributed by atoms with Crippen molar-refractivity contribution >= 4 is 10.9 Å². The number of H-pyrrole nitrogens is 1. The van der Waals surface area contributed by atoms with Gasteiger partial charge in [-0.05, 0) is 53.2 Å². The highest BCUT2D eigenvalue weighted by atomic mass is 16.7. The van der Waals surface area contributed by atoms with E-state index in [1.165, 1.54) is 0 Å². The Bertz CT molecular complexity index is 1480. The molecule has 2 aliphatic rings. The highest BCUT2D eigenvalue weighted by Gasteiger charge is 2.33. The molecule has 38 heavy (non-hydrogen) atoms. The lowest BCUT2D eigenvalue weighted by atomic mass is 10.0. The van der Waals surface area contributed by atoms with Gasteiger partial charge in [0.1, 0.15) is 11.8 Å². The summed E-state index contributed by atoms with van der Waals surface area (Å²) in [6.45, 7) is 7.37. The Morgan fingerprint density at radius 1 is 1.05 bits per heavy atom. The first-order valence-corrected chi connectivity index (χ1v) is 12.9. The van der Waals surface area contributed by atoms with Crippen LogP contribution in [-0.2, 0) is 6.54 Å². The topological polar surface area (TPSA) is 111 Å². The number of ether oxygens (including phenoxy) is 3. The summed E-state index contributed by atoms with van der Waals surface area (Å²) in [5.41, 5.74) is 2.17. The van der Waals surface area contributed by atoms with Gasteiger partial charge in [0.25, 0.3) is 5.56 Å². The van der Waals surface area contributed by atoms with Crippen LogP contribution in [0, 0.1) is 0 Å². The third kappa shape index (κ3) is 4.70. The molecule has 198 valence electrons. The van der Waals surface area contributed by atoms with Gasteiger partial charge in [-0.15, -0.1) is 5.10 Å². The average molecular weight is 518 g/mol. The van der Waals surface area contributed by atoms with Crippen molar-refractivity contribution in [2.24, 2.45) is 0 Å². The van der Waals surface area contributed by atoms with Gasteiger partial charge in [-0.25, -0.2) is 4.68 Å². The first-order chi connectivity index (χ1) is 18.6. The van der Waals surface area contributed by atoms with Gasteiger partial charge in [-0.1, -0.05) is 19.1 Å². The molecule has 1 atom stereocenters. The average Bonchev–Trinajstić information content (AvgIpc) is 3.59. The van der Waals surface area contributed by atoms with E-state index in [1.807, 2.05) is 42.5 Å². The number of hydrogen-bond donors (Lipinski definition) is 1. The van der Waals surface area contributed by atoms with Crippen LogP contribution in [0.1, 0.15) is 36.3 Å². The fourth-order valence-corrected chi connectivity index (χ4v) is 5.30. The molecule has 2 aromatic carbocycles. The molecule has 0 aliphatic carbocycles. The summed E-state index contributed by atoms with van der Waals surface area (Å²) in [7, 11) is 1.65. The molecule has 0 spiro atoms. The molecular formula is C27H31N7O4. The normalized spacial score (nSPS) is 16.7. The van der Waals surface area contributed by atoms with E-state index >= 15 is 0 Å². The lowest BCUT2D eigenvalue weighted by Gasteiger charge is -2.38. The maximum Gasteiger partial charge on any atom is 0.253 e. The SMILES string of the molecule is CCCN1CCN([C@@H](c2cc3cc4c(cc3[nH]c2=O)OCO4)c2nnnn2Cc2ccc(OC)cc2)CC1. The van der Waals surface area contributed by atoms with Crippen LogP contribution in [0.4, 0.5) is 0 Å². The third-order valence-electron chi connectivity index (χ3n) is 7.27. The first-order valence-electron chi connectivity index (χ1n) is 12.9. The smallest absolute Gasteiger partial charge is 0.253 e. The Kier molecular flexibility index (Phi) is 6.69. The fourth-order valence-electron chi connectivity index (χ4n) is 5.30. The summed E-state index contributed by atoms with van der Waals surface area (Å²) in [5, 5.41) is 13.7. The number of tetrazole rings is 1. The van der Waals surface area contributed by atoms with Gasteiger partial charge in [0.05, 0.1) is 19.2 Å². The number of piperazine rings is 1. The molecule has 0 saturated carbocycles. The van der Waals surface area contributed by atoms with E-state index < -0.39 is 6.04 Å². The van der Waals surface area contributed by atoms with E-state index in [0.29, 0.717) is 34.9 Å². The predicted molar refractivity (Wildman–Crippen MR) is 141 cm³/mol. The third-order valence-corrected chi connectivity index (χ3v) is 7.27. The Morgan fingerprint density at radius 3 is 2.55 bits per heavy atom. The van der Waals surface area contributed by atoms with Crippen LogP contribution < -0.4 is 19.8 Å². The van der Waals surface area contributed by atoms with Gasteiger partial charge in [0, 0.05) is 43.2 Å². The van der Waals surface area contributed by atoms with Crippen LogP contribution in [0.25, 0.3) is 10.9 Å². The number of methoxy groups -OCH3 is 1. The zero-order chi connectivity index (χ0) is 26.1. The van der Waals surface area contributed by atoms with Gasteiger partial charge in [-0.2, -0.15) is 0 Å². The molecule has 6 rings (SSSR count). The summed E-state index contributed by atoms with van der Waals surface area (Å²) in [6.07, 6.45) is 1.12. The van der Waals surface area contributed by atoms with Crippen LogP contribution in [0.15, 0.2) is 47.3 Å². The Hall–Kier alpha value is -3.96. The monoisotopic (exact) mass is 517 g/mol. The molecule has 1 N–H and O–H groups in total. The van der Waals surface area contributed by atoms with E-state index in [0.717, 1.165) is 55.8 Å². The molecule has 0 amide bonds. The number of nitrogens with one attached hydrogen (secondary N) is 1. The number of fused-ring (bicyclic) bond motifs is 2. The van der Waals surface area contributed by atoms with E-state index in [2.05, 4.69) is 37.2 Å². The van der Waals surface area contributed by atoms with Crippen molar-refractivity contribution in [1.82, 2.24) is 35.0 Å². The van der Waals surface area contributed by atoms with Crippen molar-refractivity contribution in [1.29, 1.82) is 0 Å². The van der Waals surface area contributed by atoms with Crippen molar-refractivity contribution in [3.05, 3.63) is 69.8 Å². The Labute approximate surface area is 219 Å². The van der Waals surface area contributed by atoms with Crippen LogP contribution in [0.3, 0.4) is 0 Å². The number of nitrogens with zero attached hydrogens (tertiary/aromatic N) is 6. The molecule has 1 fully saturated rings. The highest BCUT2D eigenvalue weighted by Crippen LogP contribution is 2.36. The number of hydrogen-bond acceptors (Lipinski definition) is 9. The van der Waals surface area contributed by atoms with Gasteiger partial charge in [0.15, 0.2) is 17.3 Å². The number of pyridine rings is 1. The minimum Gasteiger partial charge on any atom is -0.497 e. The van der Waals surface area contributed by atoms with E-state index in [1.54, 1.807) is 11.8 Å². The highest BCUT2D eigenvalue weighted by molar-refractivity contribution is 5.83. The molecule has 4 heterocycles. The summed E-state index contributed by atoms with van der Waals surface area (Å²) < 4.78 is 18.2. The molecule has 0 radical (unpaired) electrons. The predicted octanol–water partition coefficient (Wildman–Crippen LogP) is 2.42. The molecule has 2 aromatic heterocycles. The summed E-state index contributed by atoms with van der Waals surface area (Å²) in [5.74, 6) is 2.73. The number of aromatic nitrogens is 5. The minimum absolute atomic E-state index is 0.170. The number of benzene rings is 2. The molecule has 2 aliphatic heterocycles. The second kappa shape index (κ2) is 10.4. The maximum absolute atomic E-state index is 13.6. The van der Waals surface area contributed by atoms with E-state index in [-0.39, 0.29) is 12.4 Å². The van der Waals surface area contributed by atoms with Crippen LogP contribution in [0.2, 0.25) is 0 Å². The van der Waals surface area contributed by atoms with Crippen LogP contribution in [-0.4, -0.2) is 81.6 Å². The van der Waals surface area contributed by atoms with Crippen molar-refractivity contribution in [2.45, 2.75) is 25.9 Å². The molecule has 11 heteroatoms. The quantitative estimate of drug-likeness (QED) is 0.377. The molecule has 11 nitrogen and oxygen atoms in total. The summed E-state index contributed by atoms with van der Waals surface area (Å²) in [4.78, 5) is 21.4. The summed E-state index contributed by atoms with van der Waals surface area (Å²) in [6, 6.07) is 13.1. The number of rotatable bonds is 8. The van der Waals surface area contributed by atoms with Gasteiger partial charge in [-0.3, -0.25) is 9.69 Å². The lowest BCUT2D eigenvalue weighted by Crippen LogP contribution is -2.49.